The quantitative estimate of drug-likeness (QED) is 0.625. The maximum atomic E-state index is 3.28. The van der Waals surface area contributed by atoms with Gasteiger partial charge in [0.1, 0.15) is 0 Å². The van der Waals surface area contributed by atoms with Gasteiger partial charge in [-0.15, -0.1) is 0 Å². The van der Waals surface area contributed by atoms with E-state index in [-0.39, 0.29) is 0 Å². The van der Waals surface area contributed by atoms with E-state index in [1.807, 2.05) is 7.05 Å². The number of hydrogen-bond donors (Lipinski definition) is 1. The molecule has 0 aromatic rings. The highest BCUT2D eigenvalue weighted by atomic mass is 14.8. The third-order valence-electron chi connectivity index (χ3n) is 2.31. The zero-order valence-corrected chi connectivity index (χ0v) is 8.54. The summed E-state index contributed by atoms with van der Waals surface area (Å²) in [4.78, 5) is 0. The summed E-state index contributed by atoms with van der Waals surface area (Å²) in [6.45, 7) is 8.08. The lowest BCUT2D eigenvalue weighted by Gasteiger charge is -2.28. The fraction of sp³-hybridized carbons (Fsp3) is 1.00. The largest absolute Gasteiger partial charge is 0.319 e. The normalized spacial score (nSPS) is 12.0. The van der Waals surface area contributed by atoms with Gasteiger partial charge in [0, 0.05) is 6.54 Å². The van der Waals surface area contributed by atoms with Gasteiger partial charge >= 0.3 is 0 Å². The van der Waals surface area contributed by atoms with E-state index in [0.29, 0.717) is 5.41 Å². The molecule has 1 nitrogen and oxygen atoms in total. The average molecular weight is 157 g/mol. The third-order valence-corrected chi connectivity index (χ3v) is 2.31. The monoisotopic (exact) mass is 157 g/mol. The van der Waals surface area contributed by atoms with Gasteiger partial charge in [0.05, 0.1) is 0 Å². The summed E-state index contributed by atoms with van der Waals surface area (Å²) in [5, 5.41) is 3.28. The fourth-order valence-corrected chi connectivity index (χ4v) is 1.94. The zero-order valence-electron chi connectivity index (χ0n) is 8.54. The zero-order chi connectivity index (χ0) is 8.74. The summed E-state index contributed by atoms with van der Waals surface area (Å²) in [6, 6.07) is 0. The molecule has 0 unspecified atom stereocenters. The Morgan fingerprint density at radius 3 is 1.82 bits per heavy atom. The predicted molar refractivity (Wildman–Crippen MR) is 51.8 cm³/mol. The van der Waals surface area contributed by atoms with Crippen LogP contribution in [0.3, 0.4) is 0 Å². The number of nitrogens with one attached hydrogen (secondary N) is 1. The van der Waals surface area contributed by atoms with Crippen LogP contribution in [0, 0.1) is 5.41 Å². The molecule has 0 amide bonds. The second kappa shape index (κ2) is 5.59. The van der Waals surface area contributed by atoms with E-state index in [0.717, 1.165) is 6.54 Å². The molecular formula is C10H23N. The topological polar surface area (TPSA) is 12.0 Å². The minimum Gasteiger partial charge on any atom is -0.319 e. The molecule has 68 valence electrons. The van der Waals surface area contributed by atoms with Crippen molar-refractivity contribution in [3.63, 3.8) is 0 Å². The molecule has 0 spiro atoms. The average Bonchev–Trinajstić information content (AvgIpc) is 1.88. The number of rotatable bonds is 6. The van der Waals surface area contributed by atoms with Crippen molar-refractivity contribution in [1.82, 2.24) is 5.32 Å². The van der Waals surface area contributed by atoms with E-state index in [9.17, 15) is 0 Å². The summed E-state index contributed by atoms with van der Waals surface area (Å²) < 4.78 is 0. The minimum atomic E-state index is 0.540. The molecule has 0 rings (SSSR count). The molecule has 11 heavy (non-hydrogen) atoms. The molecule has 0 aromatic heterocycles. The molecule has 0 radical (unpaired) electrons. The van der Waals surface area contributed by atoms with Crippen LogP contribution in [-0.4, -0.2) is 13.6 Å². The Labute approximate surface area is 71.6 Å². The highest BCUT2D eigenvalue weighted by Crippen LogP contribution is 2.27. The first-order valence-electron chi connectivity index (χ1n) is 4.83. The highest BCUT2D eigenvalue weighted by molar-refractivity contribution is 4.74. The summed E-state index contributed by atoms with van der Waals surface area (Å²) in [6.07, 6.45) is 5.31. The molecule has 0 aliphatic heterocycles. The minimum absolute atomic E-state index is 0.540. The summed E-state index contributed by atoms with van der Waals surface area (Å²) >= 11 is 0. The molecule has 1 heteroatoms. The SMILES string of the molecule is CCCC(C)(CCC)CNC. The Hall–Kier alpha value is -0.0400. The van der Waals surface area contributed by atoms with Gasteiger partial charge in [0.2, 0.25) is 0 Å². The van der Waals surface area contributed by atoms with E-state index in [4.69, 9.17) is 0 Å². The van der Waals surface area contributed by atoms with Crippen molar-refractivity contribution in [2.75, 3.05) is 13.6 Å². The molecule has 0 heterocycles. The Balaban J connectivity index is 3.79. The first-order valence-corrected chi connectivity index (χ1v) is 4.83. The standard InChI is InChI=1S/C10H23N/c1-5-7-10(3,8-6-2)9-11-4/h11H,5-9H2,1-4H3. The Kier molecular flexibility index (Phi) is 5.57. The van der Waals surface area contributed by atoms with Crippen LogP contribution in [0.5, 0.6) is 0 Å². The molecule has 0 aliphatic rings. The van der Waals surface area contributed by atoms with E-state index in [1.165, 1.54) is 25.7 Å². The summed E-state index contributed by atoms with van der Waals surface area (Å²) in [5.74, 6) is 0. The maximum absolute atomic E-state index is 3.28. The van der Waals surface area contributed by atoms with E-state index < -0.39 is 0 Å². The van der Waals surface area contributed by atoms with Crippen LogP contribution in [0.15, 0.2) is 0 Å². The van der Waals surface area contributed by atoms with Gasteiger partial charge in [-0.25, -0.2) is 0 Å². The van der Waals surface area contributed by atoms with Crippen molar-refractivity contribution >= 4 is 0 Å². The first-order chi connectivity index (χ1) is 5.18. The molecule has 0 atom stereocenters. The van der Waals surface area contributed by atoms with E-state index >= 15 is 0 Å². The maximum Gasteiger partial charge on any atom is 0.000215 e. The first kappa shape index (κ1) is 11.0. The highest BCUT2D eigenvalue weighted by Gasteiger charge is 2.20. The van der Waals surface area contributed by atoms with Crippen LogP contribution in [0.25, 0.3) is 0 Å². The van der Waals surface area contributed by atoms with Crippen LogP contribution in [0.2, 0.25) is 0 Å². The lowest BCUT2D eigenvalue weighted by molar-refractivity contribution is 0.260. The molecular weight excluding hydrogens is 134 g/mol. The van der Waals surface area contributed by atoms with Gasteiger partial charge in [0.15, 0.2) is 0 Å². The third kappa shape index (κ3) is 4.41. The van der Waals surface area contributed by atoms with Gasteiger partial charge in [0.25, 0.3) is 0 Å². The Morgan fingerprint density at radius 2 is 1.55 bits per heavy atom. The smallest absolute Gasteiger partial charge is 0.000215 e. The summed E-state index contributed by atoms with van der Waals surface area (Å²) in [5.41, 5.74) is 0.540. The molecule has 0 aromatic carbocycles. The van der Waals surface area contributed by atoms with Gasteiger partial charge in [-0.3, -0.25) is 0 Å². The summed E-state index contributed by atoms with van der Waals surface area (Å²) in [7, 11) is 2.05. The van der Waals surface area contributed by atoms with E-state index in [1.54, 1.807) is 0 Å². The second-order valence-electron chi connectivity index (χ2n) is 3.84. The van der Waals surface area contributed by atoms with Crippen molar-refractivity contribution in [3.05, 3.63) is 0 Å². The van der Waals surface area contributed by atoms with Gasteiger partial charge in [-0.2, -0.15) is 0 Å². The van der Waals surface area contributed by atoms with Crippen LogP contribution in [-0.2, 0) is 0 Å². The van der Waals surface area contributed by atoms with Crippen LogP contribution in [0.1, 0.15) is 46.5 Å². The van der Waals surface area contributed by atoms with E-state index in [2.05, 4.69) is 26.1 Å². The molecule has 0 saturated carbocycles. The molecule has 0 saturated heterocycles. The fourth-order valence-electron chi connectivity index (χ4n) is 1.94. The molecule has 1 N–H and O–H groups in total. The Bertz CT molecular complexity index is 71.9. The molecule has 0 fully saturated rings. The predicted octanol–water partition coefficient (Wildman–Crippen LogP) is 2.81. The lowest BCUT2D eigenvalue weighted by Crippen LogP contribution is -2.29. The Morgan fingerprint density at radius 1 is 1.09 bits per heavy atom. The lowest BCUT2D eigenvalue weighted by atomic mass is 9.81. The molecule has 0 aliphatic carbocycles. The van der Waals surface area contributed by atoms with Gasteiger partial charge in [-0.1, -0.05) is 33.6 Å². The van der Waals surface area contributed by atoms with Crippen molar-refractivity contribution in [1.29, 1.82) is 0 Å². The van der Waals surface area contributed by atoms with Crippen LogP contribution in [0.4, 0.5) is 0 Å². The van der Waals surface area contributed by atoms with Crippen LogP contribution >= 0.6 is 0 Å². The molecule has 0 bridgehead atoms. The number of hydrogen-bond acceptors (Lipinski definition) is 1. The van der Waals surface area contributed by atoms with Crippen molar-refractivity contribution < 1.29 is 0 Å². The second-order valence-corrected chi connectivity index (χ2v) is 3.84. The van der Waals surface area contributed by atoms with Gasteiger partial charge in [-0.05, 0) is 25.3 Å². The van der Waals surface area contributed by atoms with Gasteiger partial charge < -0.3 is 5.32 Å². The van der Waals surface area contributed by atoms with Crippen LogP contribution < -0.4 is 5.32 Å². The van der Waals surface area contributed by atoms with Crippen molar-refractivity contribution in [2.45, 2.75) is 46.5 Å². The van der Waals surface area contributed by atoms with Crippen molar-refractivity contribution in [2.24, 2.45) is 5.41 Å². The van der Waals surface area contributed by atoms with Crippen molar-refractivity contribution in [3.8, 4) is 0 Å².